The average molecular weight is 285 g/mol. The highest BCUT2D eigenvalue weighted by molar-refractivity contribution is 5.75. The van der Waals surface area contributed by atoms with Gasteiger partial charge in [0.05, 0.1) is 6.61 Å². The van der Waals surface area contributed by atoms with Crippen molar-refractivity contribution in [1.82, 2.24) is 5.32 Å². The molecule has 0 bridgehead atoms. The summed E-state index contributed by atoms with van der Waals surface area (Å²) in [5.41, 5.74) is 0. The first-order valence-electron chi connectivity index (χ1n) is 8.60. The molecule has 0 spiro atoms. The minimum Gasteiger partial charge on any atom is -0.465 e. The van der Waals surface area contributed by atoms with Crippen LogP contribution in [0.5, 0.6) is 0 Å². The number of hydrogen-bond donors (Lipinski definition) is 1. The lowest BCUT2D eigenvalue weighted by molar-refractivity contribution is -0.145. The van der Waals surface area contributed by atoms with Gasteiger partial charge in [0, 0.05) is 0 Å². The lowest BCUT2D eigenvalue weighted by atomic mass is 10.0. The molecule has 3 nitrogen and oxygen atoms in total. The molecule has 1 unspecified atom stereocenters. The van der Waals surface area contributed by atoms with Crippen molar-refractivity contribution >= 4 is 5.97 Å². The fourth-order valence-electron chi connectivity index (χ4n) is 2.46. The Bertz CT molecular complexity index is 219. The molecule has 120 valence electrons. The second-order valence-electron chi connectivity index (χ2n) is 5.56. The Morgan fingerprint density at radius 2 is 1.40 bits per heavy atom. The minimum absolute atomic E-state index is 0.106. The summed E-state index contributed by atoms with van der Waals surface area (Å²) in [6.45, 7) is 4.58. The molecular weight excluding hydrogens is 250 g/mol. The summed E-state index contributed by atoms with van der Waals surface area (Å²) in [6, 6.07) is -0.121. The Labute approximate surface area is 125 Å². The highest BCUT2D eigenvalue weighted by Gasteiger charge is 2.16. The summed E-state index contributed by atoms with van der Waals surface area (Å²) in [6.07, 6.45) is 14.2. The monoisotopic (exact) mass is 285 g/mol. The second kappa shape index (κ2) is 14.8. The lowest BCUT2D eigenvalue weighted by Gasteiger charge is -2.14. The molecule has 0 heterocycles. The van der Waals surface area contributed by atoms with Crippen molar-refractivity contribution in [3.8, 4) is 0 Å². The molecule has 0 aliphatic heterocycles. The lowest BCUT2D eigenvalue weighted by Crippen LogP contribution is -2.35. The first-order valence-corrected chi connectivity index (χ1v) is 8.60. The van der Waals surface area contributed by atoms with Crippen LogP contribution in [0.15, 0.2) is 0 Å². The van der Waals surface area contributed by atoms with Crippen LogP contribution in [0.1, 0.15) is 84.5 Å². The number of hydrogen-bond acceptors (Lipinski definition) is 3. The Morgan fingerprint density at radius 1 is 0.900 bits per heavy atom. The molecule has 20 heavy (non-hydrogen) atoms. The Morgan fingerprint density at radius 3 is 1.85 bits per heavy atom. The van der Waals surface area contributed by atoms with Gasteiger partial charge in [0.15, 0.2) is 0 Å². The number of ether oxygens (including phenoxy) is 1. The normalized spacial score (nSPS) is 12.3. The van der Waals surface area contributed by atoms with Crippen LogP contribution in [-0.4, -0.2) is 25.7 Å². The largest absolute Gasteiger partial charge is 0.465 e. The van der Waals surface area contributed by atoms with Gasteiger partial charge in [-0.25, -0.2) is 0 Å². The molecule has 0 aromatic heterocycles. The summed E-state index contributed by atoms with van der Waals surface area (Å²) in [5, 5.41) is 3.04. The third-order valence-electron chi connectivity index (χ3n) is 3.77. The summed E-state index contributed by atoms with van der Waals surface area (Å²) in [4.78, 5) is 11.6. The molecule has 0 aliphatic carbocycles. The zero-order chi connectivity index (χ0) is 15.1. The maximum atomic E-state index is 11.6. The van der Waals surface area contributed by atoms with Crippen LogP contribution in [-0.2, 0) is 9.53 Å². The van der Waals surface area contributed by atoms with Gasteiger partial charge < -0.3 is 10.1 Å². The Hall–Kier alpha value is -0.570. The maximum Gasteiger partial charge on any atom is 0.323 e. The van der Waals surface area contributed by atoms with E-state index in [0.29, 0.717) is 6.61 Å². The Kier molecular flexibility index (Phi) is 14.4. The fraction of sp³-hybridized carbons (Fsp3) is 0.941. The molecule has 0 amide bonds. The third kappa shape index (κ3) is 11.3. The average Bonchev–Trinajstić information content (AvgIpc) is 2.45. The van der Waals surface area contributed by atoms with Gasteiger partial charge in [-0.1, -0.05) is 71.1 Å². The highest BCUT2D eigenvalue weighted by Crippen LogP contribution is 2.12. The molecule has 0 aliphatic rings. The van der Waals surface area contributed by atoms with E-state index in [2.05, 4.69) is 12.2 Å². The number of likely N-dealkylation sites (N-methyl/N-ethyl adjacent to an activating group) is 1. The van der Waals surface area contributed by atoms with Gasteiger partial charge >= 0.3 is 5.97 Å². The minimum atomic E-state index is -0.121. The van der Waals surface area contributed by atoms with E-state index in [-0.39, 0.29) is 12.0 Å². The Balaban J connectivity index is 3.35. The number of nitrogens with one attached hydrogen (secondary N) is 1. The predicted molar refractivity (Wildman–Crippen MR) is 85.9 cm³/mol. The summed E-state index contributed by atoms with van der Waals surface area (Å²) in [7, 11) is 1.83. The van der Waals surface area contributed by atoms with Crippen molar-refractivity contribution in [2.24, 2.45) is 0 Å². The molecule has 0 rings (SSSR count). The maximum absolute atomic E-state index is 11.6. The van der Waals surface area contributed by atoms with Gasteiger partial charge in [0.25, 0.3) is 0 Å². The van der Waals surface area contributed by atoms with E-state index in [0.717, 1.165) is 12.8 Å². The molecule has 0 fully saturated rings. The van der Waals surface area contributed by atoms with Crippen LogP contribution in [0.3, 0.4) is 0 Å². The quantitative estimate of drug-likeness (QED) is 0.378. The number of carbonyl (C=O) groups is 1. The van der Waals surface area contributed by atoms with Gasteiger partial charge in [0.1, 0.15) is 6.04 Å². The number of esters is 1. The number of unbranched alkanes of at least 4 members (excludes halogenated alkanes) is 9. The second-order valence-corrected chi connectivity index (χ2v) is 5.56. The van der Waals surface area contributed by atoms with Gasteiger partial charge in [0.2, 0.25) is 0 Å². The van der Waals surface area contributed by atoms with Crippen LogP contribution in [0, 0.1) is 0 Å². The molecule has 1 N–H and O–H groups in total. The van der Waals surface area contributed by atoms with E-state index in [4.69, 9.17) is 4.74 Å². The van der Waals surface area contributed by atoms with E-state index in [1.807, 2.05) is 14.0 Å². The van der Waals surface area contributed by atoms with E-state index in [1.54, 1.807) is 0 Å². The number of carbonyl (C=O) groups excluding carboxylic acids is 1. The molecule has 0 saturated heterocycles. The van der Waals surface area contributed by atoms with Crippen molar-refractivity contribution < 1.29 is 9.53 Å². The topological polar surface area (TPSA) is 38.3 Å². The predicted octanol–water partition coefficient (Wildman–Crippen LogP) is 4.45. The fourth-order valence-corrected chi connectivity index (χ4v) is 2.46. The molecule has 0 aromatic rings. The van der Waals surface area contributed by atoms with E-state index < -0.39 is 0 Å². The third-order valence-corrected chi connectivity index (χ3v) is 3.77. The first-order chi connectivity index (χ1) is 9.76. The van der Waals surface area contributed by atoms with Gasteiger partial charge in [-0.3, -0.25) is 4.79 Å². The van der Waals surface area contributed by atoms with Gasteiger partial charge in [-0.15, -0.1) is 0 Å². The van der Waals surface area contributed by atoms with Crippen molar-refractivity contribution in [3.05, 3.63) is 0 Å². The standard InChI is InChI=1S/C17H35NO2/c1-4-6-7-8-9-10-11-12-13-14-15-16(18-3)17(19)20-5-2/h16,18H,4-15H2,1-3H3. The first kappa shape index (κ1) is 19.4. The summed E-state index contributed by atoms with van der Waals surface area (Å²) >= 11 is 0. The smallest absolute Gasteiger partial charge is 0.323 e. The van der Waals surface area contributed by atoms with Crippen molar-refractivity contribution in [1.29, 1.82) is 0 Å². The molecule has 0 saturated carbocycles. The van der Waals surface area contributed by atoms with E-state index in [9.17, 15) is 4.79 Å². The molecular formula is C17H35NO2. The molecule has 0 aromatic carbocycles. The van der Waals surface area contributed by atoms with Crippen LogP contribution < -0.4 is 5.32 Å². The van der Waals surface area contributed by atoms with Crippen LogP contribution in [0.2, 0.25) is 0 Å². The van der Waals surface area contributed by atoms with Crippen molar-refractivity contribution in [2.45, 2.75) is 90.5 Å². The van der Waals surface area contributed by atoms with E-state index in [1.165, 1.54) is 57.8 Å². The van der Waals surface area contributed by atoms with Gasteiger partial charge in [-0.2, -0.15) is 0 Å². The summed E-state index contributed by atoms with van der Waals surface area (Å²) in [5.74, 6) is -0.106. The zero-order valence-corrected chi connectivity index (χ0v) is 13.9. The van der Waals surface area contributed by atoms with Crippen molar-refractivity contribution in [3.63, 3.8) is 0 Å². The highest BCUT2D eigenvalue weighted by atomic mass is 16.5. The number of rotatable bonds is 14. The summed E-state index contributed by atoms with van der Waals surface area (Å²) < 4.78 is 5.04. The zero-order valence-electron chi connectivity index (χ0n) is 13.9. The molecule has 0 radical (unpaired) electrons. The SMILES string of the molecule is CCCCCCCCCCCCC(NC)C(=O)OCC. The van der Waals surface area contributed by atoms with Crippen molar-refractivity contribution in [2.75, 3.05) is 13.7 Å². The molecule has 3 heteroatoms. The van der Waals surface area contributed by atoms with Crippen LogP contribution >= 0.6 is 0 Å². The van der Waals surface area contributed by atoms with Gasteiger partial charge in [-0.05, 0) is 20.4 Å². The molecule has 1 atom stereocenters. The van der Waals surface area contributed by atoms with E-state index >= 15 is 0 Å². The van der Waals surface area contributed by atoms with Crippen LogP contribution in [0.4, 0.5) is 0 Å². The van der Waals surface area contributed by atoms with Crippen LogP contribution in [0.25, 0.3) is 0 Å².